The summed E-state index contributed by atoms with van der Waals surface area (Å²) in [6.45, 7) is 5.62. The maximum absolute atomic E-state index is 13.5. The molecule has 12 nitrogen and oxygen atoms in total. The van der Waals surface area contributed by atoms with Crippen molar-refractivity contribution in [3.63, 3.8) is 0 Å². The molecule has 232 valence electrons. The van der Waals surface area contributed by atoms with Crippen LogP contribution in [-0.2, 0) is 24.8 Å². The third kappa shape index (κ3) is 6.69. The van der Waals surface area contributed by atoms with Crippen molar-refractivity contribution in [1.29, 1.82) is 0 Å². The van der Waals surface area contributed by atoms with E-state index in [2.05, 4.69) is 14.9 Å². The van der Waals surface area contributed by atoms with E-state index in [9.17, 15) is 21.9 Å². The van der Waals surface area contributed by atoms with Gasteiger partial charge >= 0.3 is 0 Å². The number of sulfonamides is 2. The van der Waals surface area contributed by atoms with Gasteiger partial charge in [-0.15, -0.1) is 0 Å². The SMILES string of the molecule is CCN1CCOc2ccc(S(=O)(=O)N3CCC4(CC3)C[C@H](NC[C@H](O)COc3cccc(S(=O)(=O)NC)c3)CO4)cc21. The van der Waals surface area contributed by atoms with E-state index in [1.54, 1.807) is 34.6 Å². The van der Waals surface area contributed by atoms with Crippen LogP contribution in [0.25, 0.3) is 0 Å². The molecule has 3 aliphatic rings. The quantitative estimate of drug-likeness (QED) is 0.333. The number of piperidine rings is 1. The number of aliphatic hydroxyl groups is 1. The van der Waals surface area contributed by atoms with Crippen LogP contribution in [0.2, 0.25) is 0 Å². The van der Waals surface area contributed by atoms with Gasteiger partial charge in [-0.1, -0.05) is 6.07 Å². The number of nitrogens with zero attached hydrogens (tertiary/aromatic N) is 2. The van der Waals surface area contributed by atoms with Gasteiger partial charge in [0.15, 0.2) is 0 Å². The highest BCUT2D eigenvalue weighted by atomic mass is 32.2. The summed E-state index contributed by atoms with van der Waals surface area (Å²) in [6.07, 6.45) is 1.09. The largest absolute Gasteiger partial charge is 0.491 e. The standard InChI is InChI=1S/C28H40N4O8S2/c1-3-31-13-14-38-27-8-7-25(16-26(27)31)42(36,37)32-11-9-28(10-12-32)17-21(19-40-28)30-18-22(33)20-39-23-5-4-6-24(15-23)41(34,35)29-2/h4-8,15-16,21-22,29-30,33H,3,9-14,17-20H2,1-2H3/t21-,22-/m0/s1. The average molecular weight is 625 g/mol. The third-order valence-electron chi connectivity index (χ3n) is 8.22. The van der Waals surface area contributed by atoms with Gasteiger partial charge < -0.3 is 29.5 Å². The summed E-state index contributed by atoms with van der Waals surface area (Å²) in [4.78, 5) is 2.49. The van der Waals surface area contributed by atoms with E-state index in [4.69, 9.17) is 14.2 Å². The van der Waals surface area contributed by atoms with Crippen molar-refractivity contribution >= 4 is 25.7 Å². The molecule has 42 heavy (non-hydrogen) atoms. The molecule has 0 bridgehead atoms. The number of ether oxygens (including phenoxy) is 3. The Morgan fingerprint density at radius 2 is 1.88 bits per heavy atom. The fourth-order valence-electron chi connectivity index (χ4n) is 5.75. The minimum atomic E-state index is -3.65. The van der Waals surface area contributed by atoms with Gasteiger partial charge in [0.2, 0.25) is 20.0 Å². The van der Waals surface area contributed by atoms with Crippen LogP contribution in [0.1, 0.15) is 26.2 Å². The number of hydrogen-bond donors (Lipinski definition) is 3. The molecular formula is C28H40N4O8S2. The van der Waals surface area contributed by atoms with E-state index < -0.39 is 31.8 Å². The second-order valence-corrected chi connectivity index (χ2v) is 14.7. The summed E-state index contributed by atoms with van der Waals surface area (Å²) in [5.74, 6) is 1.06. The second kappa shape index (κ2) is 12.6. The maximum Gasteiger partial charge on any atom is 0.243 e. The van der Waals surface area contributed by atoms with Crippen LogP contribution in [0, 0.1) is 0 Å². The van der Waals surface area contributed by atoms with E-state index in [0.717, 1.165) is 25.2 Å². The van der Waals surface area contributed by atoms with Crippen LogP contribution in [0.4, 0.5) is 5.69 Å². The lowest BCUT2D eigenvalue weighted by atomic mass is 9.88. The summed E-state index contributed by atoms with van der Waals surface area (Å²) in [7, 11) is -5.90. The molecular weight excluding hydrogens is 584 g/mol. The van der Waals surface area contributed by atoms with Crippen LogP contribution in [0.15, 0.2) is 52.3 Å². The molecule has 2 fully saturated rings. The molecule has 0 unspecified atom stereocenters. The Bertz CT molecular complexity index is 1460. The number of rotatable bonds is 11. The van der Waals surface area contributed by atoms with Crippen molar-refractivity contribution in [3.05, 3.63) is 42.5 Å². The molecule has 14 heteroatoms. The van der Waals surface area contributed by atoms with Gasteiger partial charge in [0.05, 0.1) is 34.2 Å². The predicted octanol–water partition coefficient (Wildman–Crippen LogP) is 1.16. The first kappa shape index (κ1) is 31.0. The van der Waals surface area contributed by atoms with E-state index in [-0.39, 0.29) is 29.0 Å². The lowest BCUT2D eigenvalue weighted by Gasteiger charge is -2.38. The molecule has 1 spiro atoms. The first-order valence-corrected chi connectivity index (χ1v) is 17.2. The molecule has 3 N–H and O–H groups in total. The summed E-state index contributed by atoms with van der Waals surface area (Å²) in [5, 5.41) is 13.8. The minimum absolute atomic E-state index is 0.00751. The zero-order valence-electron chi connectivity index (χ0n) is 24.0. The van der Waals surface area contributed by atoms with Crippen LogP contribution < -0.4 is 24.4 Å². The Kier molecular flexibility index (Phi) is 9.33. The first-order chi connectivity index (χ1) is 20.0. The normalized spacial score (nSPS) is 21.6. The van der Waals surface area contributed by atoms with Crippen LogP contribution in [0.5, 0.6) is 11.5 Å². The van der Waals surface area contributed by atoms with Gasteiger partial charge in [-0.3, -0.25) is 0 Å². The Balaban J connectivity index is 1.10. The van der Waals surface area contributed by atoms with E-state index >= 15 is 0 Å². The minimum Gasteiger partial charge on any atom is -0.491 e. The van der Waals surface area contributed by atoms with Gasteiger partial charge in [-0.25, -0.2) is 21.6 Å². The highest BCUT2D eigenvalue weighted by molar-refractivity contribution is 7.89. The Morgan fingerprint density at radius 3 is 2.62 bits per heavy atom. The summed E-state index contributed by atoms with van der Waals surface area (Å²) >= 11 is 0. The smallest absolute Gasteiger partial charge is 0.243 e. The summed E-state index contributed by atoms with van der Waals surface area (Å²) in [6, 6.07) is 11.2. The Morgan fingerprint density at radius 1 is 1.10 bits per heavy atom. The number of fused-ring (bicyclic) bond motifs is 1. The molecule has 0 saturated carbocycles. The molecule has 0 radical (unpaired) electrons. The van der Waals surface area contributed by atoms with Crippen molar-refractivity contribution in [1.82, 2.24) is 14.3 Å². The molecule has 0 aliphatic carbocycles. The topological polar surface area (TPSA) is 147 Å². The van der Waals surface area contributed by atoms with Gasteiger partial charge in [0, 0.05) is 38.3 Å². The number of likely N-dealkylation sites (N-methyl/N-ethyl adjacent to an activating group) is 1. The van der Waals surface area contributed by atoms with Crippen molar-refractivity contribution in [2.75, 3.05) is 64.5 Å². The molecule has 3 aliphatic heterocycles. The number of hydrogen-bond acceptors (Lipinski definition) is 10. The molecule has 2 aromatic carbocycles. The van der Waals surface area contributed by atoms with Gasteiger partial charge in [0.1, 0.15) is 30.8 Å². The lowest BCUT2D eigenvalue weighted by Crippen LogP contribution is -2.47. The van der Waals surface area contributed by atoms with E-state index in [1.165, 1.54) is 19.2 Å². The number of aliphatic hydroxyl groups excluding tert-OH is 1. The van der Waals surface area contributed by atoms with Gasteiger partial charge in [-0.05, 0) is 63.6 Å². The lowest BCUT2D eigenvalue weighted by molar-refractivity contribution is -0.0312. The van der Waals surface area contributed by atoms with Crippen molar-refractivity contribution < 1.29 is 36.2 Å². The van der Waals surface area contributed by atoms with Crippen LogP contribution in [-0.4, -0.2) is 104 Å². The zero-order chi connectivity index (χ0) is 30.0. The number of nitrogens with one attached hydrogen (secondary N) is 2. The van der Waals surface area contributed by atoms with Crippen LogP contribution in [0.3, 0.4) is 0 Å². The third-order valence-corrected chi connectivity index (χ3v) is 11.5. The fourth-order valence-corrected chi connectivity index (χ4v) is 7.98. The van der Waals surface area contributed by atoms with Crippen molar-refractivity contribution in [2.45, 2.75) is 53.7 Å². The number of benzene rings is 2. The van der Waals surface area contributed by atoms with Gasteiger partial charge in [0.25, 0.3) is 0 Å². The Hall–Kier alpha value is -2.46. The monoisotopic (exact) mass is 624 g/mol. The van der Waals surface area contributed by atoms with Gasteiger partial charge in [-0.2, -0.15) is 4.31 Å². The van der Waals surface area contributed by atoms with E-state index in [1.807, 2.05) is 6.92 Å². The highest BCUT2D eigenvalue weighted by Crippen LogP contribution is 2.39. The van der Waals surface area contributed by atoms with Crippen molar-refractivity contribution in [2.24, 2.45) is 0 Å². The molecule has 2 saturated heterocycles. The maximum atomic E-state index is 13.5. The van der Waals surface area contributed by atoms with E-state index in [0.29, 0.717) is 50.6 Å². The van der Waals surface area contributed by atoms with Crippen LogP contribution >= 0.6 is 0 Å². The molecule has 0 aromatic heterocycles. The molecule has 2 aromatic rings. The Labute approximate surface area is 248 Å². The predicted molar refractivity (Wildman–Crippen MR) is 157 cm³/mol. The number of anilines is 1. The molecule has 5 rings (SSSR count). The summed E-state index contributed by atoms with van der Waals surface area (Å²) in [5.41, 5.74) is 0.418. The summed E-state index contributed by atoms with van der Waals surface area (Å²) < 4.78 is 72.3. The highest BCUT2D eigenvalue weighted by Gasteiger charge is 2.45. The fraction of sp³-hybridized carbons (Fsp3) is 0.571. The second-order valence-electron chi connectivity index (χ2n) is 10.9. The molecule has 2 atom stereocenters. The molecule has 0 amide bonds. The zero-order valence-corrected chi connectivity index (χ0v) is 25.6. The first-order valence-electron chi connectivity index (χ1n) is 14.3. The molecule has 3 heterocycles. The van der Waals surface area contributed by atoms with Crippen molar-refractivity contribution in [3.8, 4) is 11.5 Å². The average Bonchev–Trinajstić information content (AvgIpc) is 3.40.